The Morgan fingerprint density at radius 3 is 3.00 bits per heavy atom. The van der Waals surface area contributed by atoms with E-state index in [-0.39, 0.29) is 30.9 Å². The molecule has 0 spiro atoms. The van der Waals surface area contributed by atoms with E-state index in [0.717, 1.165) is 5.82 Å². The first-order valence-electron chi connectivity index (χ1n) is 8.22. The lowest BCUT2D eigenvalue weighted by molar-refractivity contribution is -0.138. The Balaban J connectivity index is 1.61. The van der Waals surface area contributed by atoms with Crippen LogP contribution < -0.4 is 5.32 Å². The summed E-state index contributed by atoms with van der Waals surface area (Å²) in [5.41, 5.74) is 0.694. The molecule has 0 fully saturated rings. The molecule has 0 radical (unpaired) electrons. The second kappa shape index (κ2) is 7.52. The van der Waals surface area contributed by atoms with Gasteiger partial charge in [0, 0.05) is 26.4 Å². The number of furan rings is 1. The molecule has 25 heavy (non-hydrogen) atoms. The number of nitrogens with zero attached hydrogens (tertiary/aromatic N) is 3. The Morgan fingerprint density at radius 2 is 2.28 bits per heavy atom. The zero-order valence-corrected chi connectivity index (χ0v) is 14.4. The maximum Gasteiger partial charge on any atom is 0.249 e. The highest BCUT2D eigenvalue weighted by molar-refractivity contribution is 5.78. The molecule has 134 valence electrons. The van der Waals surface area contributed by atoms with Gasteiger partial charge in [-0.1, -0.05) is 0 Å². The van der Waals surface area contributed by atoms with Crippen LogP contribution in [0.4, 0.5) is 0 Å². The van der Waals surface area contributed by atoms with Gasteiger partial charge in [-0.25, -0.2) is 4.98 Å². The number of aromatic nitrogens is 2. The van der Waals surface area contributed by atoms with Crippen LogP contribution >= 0.6 is 0 Å². The maximum atomic E-state index is 12.1. The number of imidazole rings is 1. The van der Waals surface area contributed by atoms with Gasteiger partial charge >= 0.3 is 0 Å². The summed E-state index contributed by atoms with van der Waals surface area (Å²) < 4.78 is 12.1. The van der Waals surface area contributed by atoms with Crippen LogP contribution in [0.25, 0.3) is 0 Å². The quantitative estimate of drug-likeness (QED) is 0.839. The molecule has 2 amide bonds. The summed E-state index contributed by atoms with van der Waals surface area (Å²) in [4.78, 5) is 30.5. The van der Waals surface area contributed by atoms with Gasteiger partial charge in [0.15, 0.2) is 0 Å². The summed E-state index contributed by atoms with van der Waals surface area (Å²) >= 11 is 0. The van der Waals surface area contributed by atoms with E-state index in [1.165, 1.54) is 7.11 Å². The number of ether oxygens (including phenoxy) is 1. The van der Waals surface area contributed by atoms with Gasteiger partial charge in [0.05, 0.1) is 31.0 Å². The van der Waals surface area contributed by atoms with Crippen molar-refractivity contribution in [1.29, 1.82) is 0 Å². The molecule has 0 aliphatic carbocycles. The lowest BCUT2D eigenvalue weighted by atomic mass is 10.2. The number of hydrogen-bond acceptors (Lipinski definition) is 5. The fourth-order valence-electron chi connectivity index (χ4n) is 3.01. The second-order valence-corrected chi connectivity index (χ2v) is 6.01. The average molecular weight is 346 g/mol. The van der Waals surface area contributed by atoms with Gasteiger partial charge in [-0.3, -0.25) is 9.59 Å². The first kappa shape index (κ1) is 17.2. The summed E-state index contributed by atoms with van der Waals surface area (Å²) in [7, 11) is 1.51. The molecule has 3 heterocycles. The first-order valence-corrected chi connectivity index (χ1v) is 8.22. The van der Waals surface area contributed by atoms with Crippen molar-refractivity contribution in [3.05, 3.63) is 41.9 Å². The van der Waals surface area contributed by atoms with Crippen molar-refractivity contribution >= 4 is 11.8 Å². The molecule has 0 saturated heterocycles. The molecule has 2 aromatic heterocycles. The van der Waals surface area contributed by atoms with Gasteiger partial charge in [-0.2, -0.15) is 0 Å². The van der Waals surface area contributed by atoms with Crippen molar-refractivity contribution in [3.8, 4) is 0 Å². The van der Waals surface area contributed by atoms with Crippen LogP contribution in [0, 0.1) is 0 Å². The Bertz CT molecular complexity index is 738. The molecule has 1 aliphatic rings. The summed E-state index contributed by atoms with van der Waals surface area (Å²) in [5, 5.41) is 2.81. The van der Waals surface area contributed by atoms with Gasteiger partial charge in [0.2, 0.25) is 11.8 Å². The molecule has 0 saturated carbocycles. The number of carbonyl (C=O) groups excluding carboxylic acids is 2. The van der Waals surface area contributed by atoms with Gasteiger partial charge in [0.25, 0.3) is 0 Å². The van der Waals surface area contributed by atoms with Crippen LogP contribution in [0.5, 0.6) is 0 Å². The SMILES string of the molecule is COCC(=O)N1CCn2cc(CC(=O)NCc3ccco3)nc2[C@@H]1C. The molecule has 8 heteroatoms. The van der Waals surface area contributed by atoms with Crippen LogP contribution in [-0.2, 0) is 33.8 Å². The minimum atomic E-state index is -0.142. The monoisotopic (exact) mass is 346 g/mol. The number of rotatable bonds is 6. The number of nitrogens with one attached hydrogen (secondary N) is 1. The summed E-state index contributed by atoms with van der Waals surface area (Å²) in [6.07, 6.45) is 3.65. The third kappa shape index (κ3) is 3.90. The predicted octanol–water partition coefficient (Wildman–Crippen LogP) is 0.885. The van der Waals surface area contributed by atoms with Gasteiger partial charge in [-0.05, 0) is 19.1 Å². The highest BCUT2D eigenvalue weighted by Gasteiger charge is 2.29. The van der Waals surface area contributed by atoms with Gasteiger partial charge in [-0.15, -0.1) is 0 Å². The second-order valence-electron chi connectivity index (χ2n) is 6.01. The number of carbonyl (C=O) groups is 2. The number of amides is 2. The average Bonchev–Trinajstić information content (AvgIpc) is 3.23. The fourth-order valence-corrected chi connectivity index (χ4v) is 3.01. The van der Waals surface area contributed by atoms with Crippen molar-refractivity contribution < 1.29 is 18.7 Å². The van der Waals surface area contributed by atoms with Crippen LogP contribution in [0.1, 0.15) is 30.2 Å². The minimum absolute atomic E-state index is 0.0537. The first-order chi connectivity index (χ1) is 12.1. The van der Waals surface area contributed by atoms with E-state index in [1.54, 1.807) is 17.2 Å². The van der Waals surface area contributed by atoms with E-state index < -0.39 is 0 Å². The molecular weight excluding hydrogens is 324 g/mol. The fraction of sp³-hybridized carbons (Fsp3) is 0.471. The minimum Gasteiger partial charge on any atom is -0.467 e. The zero-order chi connectivity index (χ0) is 17.8. The molecule has 2 aromatic rings. The van der Waals surface area contributed by atoms with Crippen molar-refractivity contribution in [2.45, 2.75) is 32.5 Å². The molecule has 0 bridgehead atoms. The largest absolute Gasteiger partial charge is 0.467 e. The van der Waals surface area contributed by atoms with E-state index in [2.05, 4.69) is 10.3 Å². The van der Waals surface area contributed by atoms with Crippen molar-refractivity contribution in [2.24, 2.45) is 0 Å². The maximum absolute atomic E-state index is 12.1. The van der Waals surface area contributed by atoms with Crippen LogP contribution in [0.15, 0.2) is 29.0 Å². The third-order valence-electron chi connectivity index (χ3n) is 4.25. The standard InChI is InChI=1S/C17H22N4O4/c1-12-17-19-13(8-15(22)18-9-14-4-3-7-25-14)10-20(17)5-6-21(12)16(23)11-24-2/h3-4,7,10,12H,5-6,8-9,11H2,1-2H3,(H,18,22)/t12-/m0/s1. The molecular formula is C17H22N4O4. The molecule has 1 N–H and O–H groups in total. The highest BCUT2D eigenvalue weighted by Crippen LogP contribution is 2.24. The highest BCUT2D eigenvalue weighted by atomic mass is 16.5. The Labute approximate surface area is 145 Å². The lowest BCUT2D eigenvalue weighted by Gasteiger charge is -2.33. The predicted molar refractivity (Wildman–Crippen MR) is 88.5 cm³/mol. The van der Waals surface area contributed by atoms with E-state index in [1.807, 2.05) is 23.8 Å². The zero-order valence-electron chi connectivity index (χ0n) is 14.4. The molecule has 0 unspecified atom stereocenters. The van der Waals surface area contributed by atoms with Crippen molar-refractivity contribution in [1.82, 2.24) is 19.8 Å². The molecule has 8 nitrogen and oxygen atoms in total. The molecule has 1 atom stereocenters. The summed E-state index contributed by atoms with van der Waals surface area (Å²) in [6.45, 7) is 3.63. The third-order valence-corrected chi connectivity index (χ3v) is 4.25. The Morgan fingerprint density at radius 1 is 1.44 bits per heavy atom. The van der Waals surface area contributed by atoms with Gasteiger partial charge < -0.3 is 23.9 Å². The molecule has 1 aliphatic heterocycles. The van der Waals surface area contributed by atoms with E-state index in [9.17, 15) is 9.59 Å². The van der Waals surface area contributed by atoms with E-state index in [4.69, 9.17) is 9.15 Å². The summed E-state index contributed by atoms with van der Waals surface area (Å²) in [5.74, 6) is 1.33. The van der Waals surface area contributed by atoms with Crippen molar-refractivity contribution in [2.75, 3.05) is 20.3 Å². The normalized spacial score (nSPS) is 16.6. The van der Waals surface area contributed by atoms with E-state index in [0.29, 0.717) is 31.1 Å². The Kier molecular flexibility index (Phi) is 5.18. The van der Waals surface area contributed by atoms with Crippen molar-refractivity contribution in [3.63, 3.8) is 0 Å². The van der Waals surface area contributed by atoms with E-state index >= 15 is 0 Å². The van der Waals surface area contributed by atoms with Crippen LogP contribution in [0.3, 0.4) is 0 Å². The Hall–Kier alpha value is -2.61. The smallest absolute Gasteiger partial charge is 0.249 e. The summed E-state index contributed by atoms with van der Waals surface area (Å²) in [6, 6.07) is 3.45. The van der Waals surface area contributed by atoms with Crippen LogP contribution in [0.2, 0.25) is 0 Å². The number of fused-ring (bicyclic) bond motifs is 1. The lowest BCUT2D eigenvalue weighted by Crippen LogP contribution is -2.42. The van der Waals surface area contributed by atoms with Gasteiger partial charge in [0.1, 0.15) is 18.2 Å². The van der Waals surface area contributed by atoms with Crippen LogP contribution in [-0.4, -0.2) is 46.5 Å². The topological polar surface area (TPSA) is 89.6 Å². The molecule has 3 rings (SSSR count). The molecule has 0 aromatic carbocycles. The number of hydrogen-bond donors (Lipinski definition) is 1. The number of methoxy groups -OCH3 is 1.